The van der Waals surface area contributed by atoms with Gasteiger partial charge in [0.2, 0.25) is 0 Å². The molecule has 0 aliphatic carbocycles. The van der Waals surface area contributed by atoms with Crippen molar-refractivity contribution in [2.75, 3.05) is 16.8 Å². The van der Waals surface area contributed by atoms with Crippen molar-refractivity contribution in [2.24, 2.45) is 0 Å². The molecule has 1 amide bonds. The summed E-state index contributed by atoms with van der Waals surface area (Å²) in [4.78, 5) is 19.0. The summed E-state index contributed by atoms with van der Waals surface area (Å²) in [5, 5.41) is 16.1. The van der Waals surface area contributed by atoms with E-state index in [-0.39, 0.29) is 11.9 Å². The number of amides is 1. The zero-order valence-electron chi connectivity index (χ0n) is 14.3. The highest BCUT2D eigenvalue weighted by Crippen LogP contribution is 2.22. The summed E-state index contributed by atoms with van der Waals surface area (Å²) in [5.74, 6) is 2.16. The maximum atomic E-state index is 12.9. The van der Waals surface area contributed by atoms with E-state index < -0.39 is 0 Å². The van der Waals surface area contributed by atoms with Crippen LogP contribution in [0.1, 0.15) is 25.6 Å². The van der Waals surface area contributed by atoms with Crippen LogP contribution in [-0.4, -0.2) is 48.1 Å². The second-order valence-electron chi connectivity index (χ2n) is 6.06. The van der Waals surface area contributed by atoms with Crippen LogP contribution in [-0.2, 0) is 11.3 Å². The van der Waals surface area contributed by atoms with Crippen molar-refractivity contribution in [2.45, 2.75) is 39.3 Å². The third-order valence-electron chi connectivity index (χ3n) is 4.34. The Bertz CT molecular complexity index is 914. The number of nitrogens with one attached hydrogen (secondary N) is 1. The first-order valence-electron chi connectivity index (χ1n) is 8.46. The van der Waals surface area contributed by atoms with E-state index in [9.17, 15) is 4.79 Å². The Morgan fingerprint density at radius 2 is 2.16 bits per heavy atom. The summed E-state index contributed by atoms with van der Waals surface area (Å²) < 4.78 is 3.32. The first kappa shape index (κ1) is 15.6. The van der Waals surface area contributed by atoms with Gasteiger partial charge in [0.15, 0.2) is 5.65 Å². The highest BCUT2D eigenvalue weighted by molar-refractivity contribution is 5.98. The van der Waals surface area contributed by atoms with E-state index in [4.69, 9.17) is 0 Å². The first-order valence-corrected chi connectivity index (χ1v) is 8.46. The molecule has 0 bridgehead atoms. The van der Waals surface area contributed by atoms with Crippen LogP contribution >= 0.6 is 0 Å². The standard InChI is InChI=1S/C16H20N8O/c1-3-23-15(8-9-17-23)22-10-4-5-12(16(22)25)19-13-6-7-14-18-11(2)20-24(14)21-13/h6-9,12H,3-5,10H2,1-2H3,(H,19,21). The Balaban J connectivity index is 1.56. The molecule has 25 heavy (non-hydrogen) atoms. The van der Waals surface area contributed by atoms with E-state index >= 15 is 0 Å². The van der Waals surface area contributed by atoms with Gasteiger partial charge in [-0.1, -0.05) is 0 Å². The molecule has 1 atom stereocenters. The molecule has 4 heterocycles. The van der Waals surface area contributed by atoms with Gasteiger partial charge in [-0.15, -0.1) is 14.8 Å². The molecular formula is C16H20N8O. The number of fused-ring (bicyclic) bond motifs is 1. The van der Waals surface area contributed by atoms with E-state index in [2.05, 4.69) is 25.6 Å². The summed E-state index contributed by atoms with van der Waals surface area (Å²) in [6, 6.07) is 5.23. The minimum Gasteiger partial charge on any atom is -0.357 e. The fraction of sp³-hybridized carbons (Fsp3) is 0.438. The maximum Gasteiger partial charge on any atom is 0.250 e. The van der Waals surface area contributed by atoms with Gasteiger partial charge in [-0.25, -0.2) is 9.67 Å². The van der Waals surface area contributed by atoms with Gasteiger partial charge in [0.1, 0.15) is 23.5 Å². The van der Waals surface area contributed by atoms with Crippen molar-refractivity contribution >= 4 is 23.2 Å². The lowest BCUT2D eigenvalue weighted by atomic mass is 10.0. The molecule has 130 valence electrons. The number of hydrogen-bond acceptors (Lipinski definition) is 6. The second-order valence-corrected chi connectivity index (χ2v) is 6.06. The Kier molecular flexibility index (Phi) is 3.83. The predicted molar refractivity (Wildman–Crippen MR) is 92.4 cm³/mol. The molecule has 1 aliphatic rings. The minimum atomic E-state index is -0.316. The van der Waals surface area contributed by atoms with E-state index in [1.54, 1.807) is 11.1 Å². The predicted octanol–water partition coefficient (Wildman–Crippen LogP) is 1.26. The SMILES string of the molecule is CCn1nccc1N1CCCC(Nc2ccc3nc(C)nn3n2)C1=O. The minimum absolute atomic E-state index is 0.0399. The monoisotopic (exact) mass is 340 g/mol. The zero-order valence-corrected chi connectivity index (χ0v) is 14.3. The van der Waals surface area contributed by atoms with Crippen LogP contribution in [0.2, 0.25) is 0 Å². The summed E-state index contributed by atoms with van der Waals surface area (Å²) in [7, 11) is 0. The molecule has 4 rings (SSSR count). The summed E-state index contributed by atoms with van der Waals surface area (Å²) in [5.41, 5.74) is 0.687. The number of carbonyl (C=O) groups is 1. The van der Waals surface area contributed by atoms with Crippen LogP contribution in [0.25, 0.3) is 5.65 Å². The second kappa shape index (κ2) is 6.15. The van der Waals surface area contributed by atoms with Crippen molar-refractivity contribution in [1.29, 1.82) is 0 Å². The molecule has 1 aliphatic heterocycles. The molecule has 1 unspecified atom stereocenters. The number of carbonyl (C=O) groups excluding carboxylic acids is 1. The molecule has 0 radical (unpaired) electrons. The highest BCUT2D eigenvalue weighted by Gasteiger charge is 2.31. The third-order valence-corrected chi connectivity index (χ3v) is 4.34. The largest absolute Gasteiger partial charge is 0.357 e. The molecule has 9 nitrogen and oxygen atoms in total. The normalized spacial score (nSPS) is 18.1. The van der Waals surface area contributed by atoms with E-state index in [1.807, 2.05) is 36.7 Å². The van der Waals surface area contributed by atoms with E-state index in [1.165, 1.54) is 4.63 Å². The Hall–Kier alpha value is -2.97. The Morgan fingerprint density at radius 1 is 1.28 bits per heavy atom. The highest BCUT2D eigenvalue weighted by atomic mass is 16.2. The van der Waals surface area contributed by atoms with Gasteiger partial charge < -0.3 is 5.32 Å². The molecule has 3 aromatic heterocycles. The summed E-state index contributed by atoms with van der Waals surface area (Å²) in [6.45, 7) is 5.27. The van der Waals surface area contributed by atoms with Crippen molar-refractivity contribution in [1.82, 2.24) is 29.6 Å². The van der Waals surface area contributed by atoms with Crippen LogP contribution in [0.5, 0.6) is 0 Å². The van der Waals surface area contributed by atoms with Crippen LogP contribution in [0.3, 0.4) is 0 Å². The number of hydrogen-bond donors (Lipinski definition) is 1. The number of rotatable bonds is 4. The lowest BCUT2D eigenvalue weighted by Crippen LogP contribution is -2.48. The number of piperidine rings is 1. The number of anilines is 2. The molecule has 0 saturated carbocycles. The molecule has 1 saturated heterocycles. The topological polar surface area (TPSA) is 93.2 Å². The van der Waals surface area contributed by atoms with Gasteiger partial charge in [-0.3, -0.25) is 9.69 Å². The van der Waals surface area contributed by atoms with Crippen molar-refractivity contribution in [3.05, 3.63) is 30.2 Å². The lowest BCUT2D eigenvalue weighted by molar-refractivity contribution is -0.120. The Labute approximate surface area is 144 Å². The molecule has 0 aromatic carbocycles. The van der Waals surface area contributed by atoms with Crippen LogP contribution in [0, 0.1) is 6.92 Å². The summed E-state index contributed by atoms with van der Waals surface area (Å²) >= 11 is 0. The molecule has 1 N–H and O–H groups in total. The van der Waals surface area contributed by atoms with Gasteiger partial charge in [0.25, 0.3) is 5.91 Å². The first-order chi connectivity index (χ1) is 12.2. The quantitative estimate of drug-likeness (QED) is 0.768. The number of nitrogens with zero attached hydrogens (tertiary/aromatic N) is 7. The fourth-order valence-corrected chi connectivity index (χ4v) is 3.18. The Morgan fingerprint density at radius 3 is 3.00 bits per heavy atom. The zero-order chi connectivity index (χ0) is 17.4. The van der Waals surface area contributed by atoms with Crippen LogP contribution in [0.4, 0.5) is 11.6 Å². The number of aryl methyl sites for hydroxylation is 2. The number of aromatic nitrogens is 6. The summed E-state index contributed by atoms with van der Waals surface area (Å²) in [6.07, 6.45) is 3.42. The van der Waals surface area contributed by atoms with Crippen molar-refractivity contribution < 1.29 is 4.79 Å². The van der Waals surface area contributed by atoms with Crippen LogP contribution in [0.15, 0.2) is 24.4 Å². The average molecular weight is 340 g/mol. The molecule has 9 heteroatoms. The molecule has 3 aromatic rings. The maximum absolute atomic E-state index is 12.9. The smallest absolute Gasteiger partial charge is 0.250 e. The van der Waals surface area contributed by atoms with Gasteiger partial charge in [0.05, 0.1) is 6.20 Å². The van der Waals surface area contributed by atoms with Gasteiger partial charge in [-0.2, -0.15) is 5.10 Å². The van der Waals surface area contributed by atoms with Crippen molar-refractivity contribution in [3.63, 3.8) is 0 Å². The fourth-order valence-electron chi connectivity index (χ4n) is 3.18. The molecular weight excluding hydrogens is 320 g/mol. The van der Waals surface area contributed by atoms with E-state index in [0.29, 0.717) is 23.8 Å². The van der Waals surface area contributed by atoms with Gasteiger partial charge >= 0.3 is 0 Å². The van der Waals surface area contributed by atoms with Gasteiger partial charge in [0, 0.05) is 19.2 Å². The van der Waals surface area contributed by atoms with Crippen LogP contribution < -0.4 is 10.2 Å². The third kappa shape index (κ3) is 2.81. The molecule has 0 spiro atoms. The van der Waals surface area contributed by atoms with Gasteiger partial charge in [-0.05, 0) is 38.8 Å². The lowest BCUT2D eigenvalue weighted by Gasteiger charge is -2.32. The van der Waals surface area contributed by atoms with Crippen molar-refractivity contribution in [3.8, 4) is 0 Å². The average Bonchev–Trinajstić information content (AvgIpc) is 3.21. The molecule has 1 fully saturated rings. The van der Waals surface area contributed by atoms with E-state index in [0.717, 1.165) is 25.2 Å².